The zero-order chi connectivity index (χ0) is 4.50. The van der Waals surface area contributed by atoms with Crippen molar-refractivity contribution in [2.24, 2.45) is 0 Å². The summed E-state index contributed by atoms with van der Waals surface area (Å²) in [4.78, 5) is 0. The third-order valence-corrected chi connectivity index (χ3v) is 0. The molecule has 8 heavy (non-hydrogen) atoms. The van der Waals surface area contributed by atoms with Crippen molar-refractivity contribution in [2.75, 3.05) is 0 Å². The van der Waals surface area contributed by atoms with Gasteiger partial charge in [-0.25, -0.2) is 0 Å². The number of hydrogen-bond acceptors (Lipinski definition) is 2. The maximum absolute atomic E-state index is 8.74. The second kappa shape index (κ2) is 8.35. The van der Waals surface area contributed by atoms with Gasteiger partial charge >= 0.3 is 40.0 Å². The SMILES string of the molecule is O.O=S(=O)(O)O.[Mn].[NaH]. The van der Waals surface area contributed by atoms with Crippen LogP contribution in [0.15, 0.2) is 0 Å². The predicted molar refractivity (Wildman–Crippen MR) is 24.9 cm³/mol. The minimum atomic E-state index is -4.67. The van der Waals surface area contributed by atoms with E-state index in [4.69, 9.17) is 17.5 Å². The molecule has 0 aromatic carbocycles. The third kappa shape index (κ3) is 163. The molecule has 5 nitrogen and oxygen atoms in total. The fourth-order valence-electron chi connectivity index (χ4n) is 0. The van der Waals surface area contributed by atoms with Crippen LogP contribution in [0.25, 0.3) is 0 Å². The Bertz CT molecular complexity index is 95.6. The van der Waals surface area contributed by atoms with E-state index in [1.807, 2.05) is 0 Å². The maximum atomic E-state index is 8.74. The molecule has 0 atom stereocenters. The molecule has 0 fully saturated rings. The molecule has 0 aliphatic heterocycles. The summed E-state index contributed by atoms with van der Waals surface area (Å²) in [5.74, 6) is 0. The Morgan fingerprint density at radius 1 is 1.12 bits per heavy atom. The van der Waals surface area contributed by atoms with Gasteiger partial charge < -0.3 is 5.48 Å². The van der Waals surface area contributed by atoms with Crippen molar-refractivity contribution < 1.29 is 40.1 Å². The molecule has 1 radical (unpaired) electrons. The Hall–Kier alpha value is 1.35. The fraction of sp³-hybridized carbons (Fsp3) is 0. The molecule has 0 saturated heterocycles. The van der Waals surface area contributed by atoms with Crippen LogP contribution >= 0.6 is 0 Å². The van der Waals surface area contributed by atoms with E-state index < -0.39 is 10.4 Å². The molecular weight excluding hydrogens is 190 g/mol. The quantitative estimate of drug-likeness (QED) is 0.340. The molecule has 4 N–H and O–H groups in total. The average molecular weight is 195 g/mol. The number of hydrogen-bond donors (Lipinski definition) is 2. The first-order valence-corrected chi connectivity index (χ1v) is 2.10. The standard InChI is InChI=1S/Mn.Na.H2O4S.H2O.H/c;;1-5(2,3)4;;/h;;(H2,1,2,3,4);1H2;. The summed E-state index contributed by atoms with van der Waals surface area (Å²) in [6.45, 7) is 0. The molecule has 0 aromatic heterocycles. The molecule has 8 heteroatoms. The van der Waals surface area contributed by atoms with Crippen LogP contribution in [0.5, 0.6) is 0 Å². The fourth-order valence-corrected chi connectivity index (χ4v) is 0. The van der Waals surface area contributed by atoms with Gasteiger partial charge in [-0.1, -0.05) is 0 Å². The van der Waals surface area contributed by atoms with Crippen molar-refractivity contribution >= 4 is 40.0 Å². The van der Waals surface area contributed by atoms with Crippen LogP contribution in [0.1, 0.15) is 0 Å². The summed E-state index contributed by atoms with van der Waals surface area (Å²) in [6, 6.07) is 0. The zero-order valence-corrected chi connectivity index (χ0v) is 4.99. The zero-order valence-electron chi connectivity index (χ0n) is 3.00. The summed E-state index contributed by atoms with van der Waals surface area (Å²) in [5.41, 5.74) is 0. The Morgan fingerprint density at radius 2 is 1.12 bits per heavy atom. The van der Waals surface area contributed by atoms with E-state index in [1.54, 1.807) is 0 Å². The van der Waals surface area contributed by atoms with E-state index in [0.29, 0.717) is 0 Å². The van der Waals surface area contributed by atoms with Gasteiger partial charge in [0, 0.05) is 17.1 Å². The van der Waals surface area contributed by atoms with Crippen LogP contribution in [0.2, 0.25) is 0 Å². The van der Waals surface area contributed by atoms with Gasteiger partial charge in [0.2, 0.25) is 0 Å². The van der Waals surface area contributed by atoms with Gasteiger partial charge in [0.15, 0.2) is 0 Å². The summed E-state index contributed by atoms with van der Waals surface area (Å²) >= 11 is 0. The van der Waals surface area contributed by atoms with Crippen LogP contribution in [0, 0.1) is 0 Å². The van der Waals surface area contributed by atoms with Crippen molar-refractivity contribution in [2.45, 2.75) is 0 Å². The van der Waals surface area contributed by atoms with E-state index >= 15 is 0 Å². The molecule has 0 bridgehead atoms. The molecular formula is H5MnNaO5S. The monoisotopic (exact) mass is 195 g/mol. The molecule has 0 amide bonds. The Morgan fingerprint density at radius 3 is 1.12 bits per heavy atom. The van der Waals surface area contributed by atoms with Gasteiger partial charge in [-0.15, -0.1) is 0 Å². The van der Waals surface area contributed by atoms with E-state index in [-0.39, 0.29) is 52.1 Å². The Labute approximate surface area is 79.5 Å². The van der Waals surface area contributed by atoms with E-state index in [0.717, 1.165) is 0 Å². The summed E-state index contributed by atoms with van der Waals surface area (Å²) in [5, 5.41) is 0. The van der Waals surface area contributed by atoms with E-state index in [9.17, 15) is 0 Å². The Balaban J connectivity index is -0.0000000267. The van der Waals surface area contributed by atoms with Gasteiger partial charge in [-0.2, -0.15) is 8.42 Å². The van der Waals surface area contributed by atoms with Crippen molar-refractivity contribution in [3.05, 3.63) is 0 Å². The van der Waals surface area contributed by atoms with E-state index in [2.05, 4.69) is 0 Å². The second-order valence-electron chi connectivity index (χ2n) is 0.448. The van der Waals surface area contributed by atoms with Gasteiger partial charge in [0.1, 0.15) is 0 Å². The molecule has 0 saturated carbocycles. The predicted octanol–water partition coefficient (Wildman–Crippen LogP) is -2.13. The van der Waals surface area contributed by atoms with Crippen LogP contribution in [-0.4, -0.2) is 52.6 Å². The molecule has 0 aromatic rings. The van der Waals surface area contributed by atoms with Crippen molar-refractivity contribution in [1.82, 2.24) is 0 Å². The molecule has 0 heterocycles. The first-order chi connectivity index (χ1) is 2.00. The minimum absolute atomic E-state index is 0. The first-order valence-electron chi connectivity index (χ1n) is 0.698. The van der Waals surface area contributed by atoms with Crippen LogP contribution in [0.4, 0.5) is 0 Å². The van der Waals surface area contributed by atoms with E-state index in [1.165, 1.54) is 0 Å². The molecule has 0 spiro atoms. The second-order valence-corrected chi connectivity index (χ2v) is 1.34. The molecule has 0 rings (SSSR count). The molecule has 0 aliphatic carbocycles. The first kappa shape index (κ1) is 22.8. The molecule has 0 aliphatic rings. The summed E-state index contributed by atoms with van der Waals surface area (Å²) in [7, 11) is -4.67. The van der Waals surface area contributed by atoms with Gasteiger partial charge in [0.05, 0.1) is 0 Å². The Kier molecular flexibility index (Phi) is 23.8. The van der Waals surface area contributed by atoms with Crippen molar-refractivity contribution in [3.63, 3.8) is 0 Å². The van der Waals surface area contributed by atoms with Crippen molar-refractivity contribution in [1.29, 1.82) is 0 Å². The van der Waals surface area contributed by atoms with Gasteiger partial charge in [0.25, 0.3) is 0 Å². The third-order valence-electron chi connectivity index (χ3n) is 0. The average Bonchev–Trinajstić information content (AvgIpc) is 0.722. The summed E-state index contributed by atoms with van der Waals surface area (Å²) in [6.07, 6.45) is 0. The van der Waals surface area contributed by atoms with Crippen LogP contribution in [0.3, 0.4) is 0 Å². The topological polar surface area (TPSA) is 106 Å². The van der Waals surface area contributed by atoms with Crippen LogP contribution < -0.4 is 0 Å². The van der Waals surface area contributed by atoms with Crippen molar-refractivity contribution in [3.8, 4) is 0 Å². The van der Waals surface area contributed by atoms with Gasteiger partial charge in [-0.3, -0.25) is 9.11 Å². The normalized spacial score (nSPS) is 7.25. The molecule has 49 valence electrons. The van der Waals surface area contributed by atoms with Gasteiger partial charge in [-0.05, 0) is 0 Å². The molecule has 0 unspecified atom stereocenters. The van der Waals surface area contributed by atoms with Crippen LogP contribution in [-0.2, 0) is 27.5 Å². The summed E-state index contributed by atoms with van der Waals surface area (Å²) < 4.78 is 31.6. The number of rotatable bonds is 0.